The molecular weight excluding hydrogens is 309 g/mol. The van der Waals surface area contributed by atoms with Crippen LogP contribution in [-0.4, -0.2) is 41.0 Å². The Kier molecular flexibility index (Phi) is 5.60. The predicted octanol–water partition coefficient (Wildman–Crippen LogP) is 1.40. The SMILES string of the molecule is NC(=O)CN(CC(=O)O)C(=O)Nc1cccc(Cl)c1Cl. The first-order valence-electron chi connectivity index (χ1n) is 5.31. The average Bonchev–Trinajstić information content (AvgIpc) is 2.33. The van der Waals surface area contributed by atoms with E-state index in [1.165, 1.54) is 12.1 Å². The number of nitrogens with two attached hydrogens (primary N) is 1. The van der Waals surface area contributed by atoms with Crippen molar-refractivity contribution >= 4 is 46.8 Å². The van der Waals surface area contributed by atoms with Crippen LogP contribution in [0.5, 0.6) is 0 Å². The number of benzene rings is 1. The van der Waals surface area contributed by atoms with Gasteiger partial charge in [-0.25, -0.2) is 4.79 Å². The van der Waals surface area contributed by atoms with Crippen LogP contribution in [-0.2, 0) is 9.59 Å². The van der Waals surface area contributed by atoms with Gasteiger partial charge in [-0.3, -0.25) is 9.59 Å². The number of carbonyl (C=O) groups excluding carboxylic acids is 2. The van der Waals surface area contributed by atoms with E-state index in [2.05, 4.69) is 5.32 Å². The molecule has 0 bridgehead atoms. The number of aliphatic carboxylic acids is 1. The third-order valence-corrected chi connectivity index (χ3v) is 2.97. The van der Waals surface area contributed by atoms with E-state index in [0.29, 0.717) is 0 Å². The number of nitrogens with one attached hydrogen (secondary N) is 1. The lowest BCUT2D eigenvalue weighted by molar-refractivity contribution is -0.137. The van der Waals surface area contributed by atoms with Gasteiger partial charge in [-0.2, -0.15) is 0 Å². The summed E-state index contributed by atoms with van der Waals surface area (Å²) in [4.78, 5) is 34.1. The van der Waals surface area contributed by atoms with Crippen molar-refractivity contribution in [3.05, 3.63) is 28.2 Å². The summed E-state index contributed by atoms with van der Waals surface area (Å²) in [7, 11) is 0. The van der Waals surface area contributed by atoms with Crippen molar-refractivity contribution in [3.8, 4) is 0 Å². The van der Waals surface area contributed by atoms with Gasteiger partial charge in [-0.1, -0.05) is 29.3 Å². The summed E-state index contributed by atoms with van der Waals surface area (Å²) in [6.07, 6.45) is 0. The first-order chi connectivity index (χ1) is 9.31. The molecule has 3 amide bonds. The predicted molar refractivity (Wildman–Crippen MR) is 73.9 cm³/mol. The standard InChI is InChI=1S/C11H11Cl2N3O4/c12-6-2-1-3-7(10(6)13)15-11(20)16(4-8(14)17)5-9(18)19/h1-3H,4-5H2,(H2,14,17)(H,15,20)(H,18,19). The fraction of sp³-hybridized carbons (Fsp3) is 0.182. The van der Waals surface area contributed by atoms with Crippen molar-refractivity contribution in [1.82, 2.24) is 4.90 Å². The average molecular weight is 320 g/mol. The van der Waals surface area contributed by atoms with Crippen molar-refractivity contribution in [3.63, 3.8) is 0 Å². The molecule has 0 saturated carbocycles. The Morgan fingerprint density at radius 2 is 1.90 bits per heavy atom. The number of hydrogen-bond donors (Lipinski definition) is 3. The Labute approximate surface area is 124 Å². The van der Waals surface area contributed by atoms with Crippen LogP contribution < -0.4 is 11.1 Å². The van der Waals surface area contributed by atoms with Crippen LogP contribution in [0.25, 0.3) is 0 Å². The molecular formula is C11H11Cl2N3O4. The zero-order chi connectivity index (χ0) is 15.3. The molecule has 0 saturated heterocycles. The summed E-state index contributed by atoms with van der Waals surface area (Å²) in [5.41, 5.74) is 5.15. The molecule has 9 heteroatoms. The van der Waals surface area contributed by atoms with E-state index in [4.69, 9.17) is 34.0 Å². The van der Waals surface area contributed by atoms with Gasteiger partial charge in [0, 0.05) is 0 Å². The molecule has 0 aliphatic carbocycles. The molecule has 0 fully saturated rings. The van der Waals surface area contributed by atoms with E-state index in [1.807, 2.05) is 0 Å². The van der Waals surface area contributed by atoms with Gasteiger partial charge in [0.1, 0.15) is 13.1 Å². The number of carboxylic acids is 1. The van der Waals surface area contributed by atoms with Crippen molar-refractivity contribution in [2.75, 3.05) is 18.4 Å². The van der Waals surface area contributed by atoms with Gasteiger partial charge < -0.3 is 21.1 Å². The molecule has 4 N–H and O–H groups in total. The summed E-state index contributed by atoms with van der Waals surface area (Å²) in [5, 5.41) is 11.4. The minimum atomic E-state index is -1.28. The molecule has 0 aliphatic heterocycles. The topological polar surface area (TPSA) is 113 Å². The van der Waals surface area contributed by atoms with Crippen LogP contribution in [0.3, 0.4) is 0 Å². The van der Waals surface area contributed by atoms with Crippen molar-refractivity contribution < 1.29 is 19.5 Å². The Morgan fingerprint density at radius 1 is 1.25 bits per heavy atom. The van der Waals surface area contributed by atoms with Gasteiger partial charge in [0.25, 0.3) is 0 Å². The first kappa shape index (κ1) is 16.1. The number of nitrogens with zero attached hydrogens (tertiary/aromatic N) is 1. The number of carboxylic acid groups (broad SMARTS) is 1. The van der Waals surface area contributed by atoms with Gasteiger partial charge in [0.05, 0.1) is 15.7 Å². The Bertz CT molecular complexity index is 534. The third-order valence-electron chi connectivity index (χ3n) is 2.15. The molecule has 0 atom stereocenters. The molecule has 1 aromatic carbocycles. The zero-order valence-electron chi connectivity index (χ0n) is 10.1. The zero-order valence-corrected chi connectivity index (χ0v) is 11.6. The van der Waals surface area contributed by atoms with Crippen LogP contribution in [0, 0.1) is 0 Å². The number of hydrogen-bond acceptors (Lipinski definition) is 3. The smallest absolute Gasteiger partial charge is 0.323 e. The van der Waals surface area contributed by atoms with E-state index in [1.54, 1.807) is 6.07 Å². The lowest BCUT2D eigenvalue weighted by Crippen LogP contribution is -2.43. The van der Waals surface area contributed by atoms with Crippen LogP contribution in [0.15, 0.2) is 18.2 Å². The summed E-state index contributed by atoms with van der Waals surface area (Å²) >= 11 is 11.7. The number of halogens is 2. The molecule has 0 radical (unpaired) electrons. The second-order valence-corrected chi connectivity index (χ2v) is 4.53. The fourth-order valence-electron chi connectivity index (χ4n) is 1.35. The van der Waals surface area contributed by atoms with Crippen LogP contribution in [0.2, 0.25) is 10.0 Å². The molecule has 0 aliphatic rings. The van der Waals surface area contributed by atoms with E-state index < -0.39 is 31.0 Å². The highest BCUT2D eigenvalue weighted by molar-refractivity contribution is 6.43. The maximum absolute atomic E-state index is 11.9. The molecule has 0 heterocycles. The van der Waals surface area contributed by atoms with Crippen LogP contribution in [0.1, 0.15) is 0 Å². The van der Waals surface area contributed by atoms with Gasteiger partial charge in [0.15, 0.2) is 0 Å². The Balaban J connectivity index is 2.87. The molecule has 0 spiro atoms. The maximum atomic E-state index is 11.9. The van der Waals surface area contributed by atoms with E-state index in [9.17, 15) is 14.4 Å². The number of anilines is 1. The molecule has 0 unspecified atom stereocenters. The lowest BCUT2D eigenvalue weighted by Gasteiger charge is -2.20. The highest BCUT2D eigenvalue weighted by Crippen LogP contribution is 2.29. The molecule has 108 valence electrons. The highest BCUT2D eigenvalue weighted by Gasteiger charge is 2.20. The normalized spacial score (nSPS) is 9.90. The van der Waals surface area contributed by atoms with Gasteiger partial charge in [-0.15, -0.1) is 0 Å². The summed E-state index contributed by atoms with van der Waals surface area (Å²) in [6.45, 7) is -1.21. The minimum Gasteiger partial charge on any atom is -0.480 e. The van der Waals surface area contributed by atoms with E-state index in [0.717, 1.165) is 4.90 Å². The fourth-order valence-corrected chi connectivity index (χ4v) is 1.69. The quantitative estimate of drug-likeness (QED) is 0.761. The second kappa shape index (κ2) is 6.97. The lowest BCUT2D eigenvalue weighted by atomic mass is 10.3. The Hall–Kier alpha value is -1.99. The molecule has 0 aromatic heterocycles. The maximum Gasteiger partial charge on any atom is 0.323 e. The second-order valence-electron chi connectivity index (χ2n) is 3.75. The number of carbonyl (C=O) groups is 3. The summed E-state index contributed by atoms with van der Waals surface area (Å²) < 4.78 is 0. The Morgan fingerprint density at radius 3 is 2.45 bits per heavy atom. The third kappa shape index (κ3) is 4.60. The van der Waals surface area contributed by atoms with Gasteiger partial charge in [-0.05, 0) is 12.1 Å². The number of urea groups is 1. The van der Waals surface area contributed by atoms with Crippen molar-refractivity contribution in [1.29, 1.82) is 0 Å². The van der Waals surface area contributed by atoms with E-state index in [-0.39, 0.29) is 15.7 Å². The summed E-state index contributed by atoms with van der Waals surface area (Å²) in [5.74, 6) is -2.11. The number of rotatable bonds is 5. The van der Waals surface area contributed by atoms with Gasteiger partial charge in [0.2, 0.25) is 5.91 Å². The van der Waals surface area contributed by atoms with Crippen LogP contribution >= 0.6 is 23.2 Å². The number of amides is 3. The van der Waals surface area contributed by atoms with E-state index >= 15 is 0 Å². The minimum absolute atomic E-state index is 0.108. The largest absolute Gasteiger partial charge is 0.480 e. The van der Waals surface area contributed by atoms with Crippen molar-refractivity contribution in [2.24, 2.45) is 5.73 Å². The first-order valence-corrected chi connectivity index (χ1v) is 6.07. The van der Waals surface area contributed by atoms with Gasteiger partial charge >= 0.3 is 12.0 Å². The number of primary amides is 1. The van der Waals surface area contributed by atoms with Crippen molar-refractivity contribution in [2.45, 2.75) is 0 Å². The molecule has 20 heavy (non-hydrogen) atoms. The van der Waals surface area contributed by atoms with Crippen LogP contribution in [0.4, 0.5) is 10.5 Å². The molecule has 1 aromatic rings. The highest BCUT2D eigenvalue weighted by atomic mass is 35.5. The monoisotopic (exact) mass is 319 g/mol. The molecule has 7 nitrogen and oxygen atoms in total. The summed E-state index contributed by atoms with van der Waals surface area (Å²) in [6, 6.07) is 3.74. The molecule has 1 rings (SSSR count).